The number of nitrogens with zero attached hydrogens (tertiary/aromatic N) is 1. The van der Waals surface area contributed by atoms with Crippen molar-refractivity contribution in [2.75, 3.05) is 11.4 Å². The molecule has 1 atom stereocenters. The summed E-state index contributed by atoms with van der Waals surface area (Å²) in [5, 5.41) is 12.0. The van der Waals surface area contributed by atoms with E-state index in [-0.39, 0.29) is 23.9 Å². The van der Waals surface area contributed by atoms with Crippen molar-refractivity contribution < 1.29 is 23.9 Å². The van der Waals surface area contributed by atoms with E-state index in [9.17, 15) is 23.9 Å². The Kier molecular flexibility index (Phi) is 4.69. The van der Waals surface area contributed by atoms with Crippen LogP contribution in [0.2, 0.25) is 5.02 Å². The molecule has 1 heterocycles. The zero-order valence-electron chi connectivity index (χ0n) is 13.4. The van der Waals surface area contributed by atoms with Crippen molar-refractivity contribution in [1.29, 1.82) is 0 Å². The standard InChI is InChI=1S/C17H18ClFN2O4/c18-12-4-3-11(8-13(12)19)21-9-10(7-14(21)22)15(23)20-17(16(24)25)5-1-2-6-17/h3-4,8,10H,1-2,5-7,9H2,(H,20,23)(H,24,25). The Bertz CT molecular complexity index is 733. The summed E-state index contributed by atoms with van der Waals surface area (Å²) in [4.78, 5) is 37.6. The maximum Gasteiger partial charge on any atom is 0.329 e. The summed E-state index contributed by atoms with van der Waals surface area (Å²) < 4.78 is 13.6. The van der Waals surface area contributed by atoms with Crippen LogP contribution in [0.1, 0.15) is 32.1 Å². The van der Waals surface area contributed by atoms with E-state index in [1.807, 2.05) is 0 Å². The Morgan fingerprint density at radius 1 is 1.32 bits per heavy atom. The van der Waals surface area contributed by atoms with Crippen molar-refractivity contribution >= 4 is 35.1 Å². The number of halogens is 2. The number of anilines is 1. The number of carbonyl (C=O) groups excluding carboxylic acids is 2. The molecule has 1 aromatic carbocycles. The fraction of sp³-hybridized carbons (Fsp3) is 0.471. The van der Waals surface area contributed by atoms with Gasteiger partial charge in [0, 0.05) is 18.7 Å². The van der Waals surface area contributed by atoms with E-state index in [2.05, 4.69) is 5.32 Å². The molecule has 1 aliphatic carbocycles. The predicted octanol–water partition coefficient (Wildman–Crippen LogP) is 2.35. The molecule has 2 fully saturated rings. The van der Waals surface area contributed by atoms with E-state index in [0.29, 0.717) is 18.5 Å². The quantitative estimate of drug-likeness (QED) is 0.854. The number of carboxylic acids is 1. The van der Waals surface area contributed by atoms with Gasteiger partial charge in [0.2, 0.25) is 11.8 Å². The Labute approximate surface area is 148 Å². The van der Waals surface area contributed by atoms with Crippen LogP contribution in [0.15, 0.2) is 18.2 Å². The van der Waals surface area contributed by atoms with Crippen LogP contribution in [-0.2, 0) is 14.4 Å². The predicted molar refractivity (Wildman–Crippen MR) is 88.8 cm³/mol. The lowest BCUT2D eigenvalue weighted by atomic mass is 9.96. The SMILES string of the molecule is O=C(NC1(C(=O)O)CCCC1)C1CC(=O)N(c2ccc(Cl)c(F)c2)C1. The lowest BCUT2D eigenvalue weighted by Crippen LogP contribution is -2.54. The number of benzene rings is 1. The monoisotopic (exact) mass is 368 g/mol. The molecule has 0 bridgehead atoms. The number of amides is 2. The molecule has 1 saturated heterocycles. The van der Waals surface area contributed by atoms with Gasteiger partial charge in [-0.05, 0) is 31.0 Å². The van der Waals surface area contributed by atoms with Gasteiger partial charge in [0.25, 0.3) is 0 Å². The van der Waals surface area contributed by atoms with Crippen molar-refractivity contribution in [2.45, 2.75) is 37.6 Å². The van der Waals surface area contributed by atoms with Gasteiger partial charge in [-0.15, -0.1) is 0 Å². The van der Waals surface area contributed by atoms with E-state index in [4.69, 9.17) is 11.6 Å². The molecule has 0 aromatic heterocycles. The highest BCUT2D eigenvalue weighted by Crippen LogP contribution is 2.32. The fourth-order valence-corrected chi connectivity index (χ4v) is 3.61. The molecule has 6 nitrogen and oxygen atoms in total. The number of hydrogen-bond acceptors (Lipinski definition) is 3. The average Bonchev–Trinajstić information content (AvgIpc) is 3.18. The molecule has 1 saturated carbocycles. The topological polar surface area (TPSA) is 86.7 Å². The second-order valence-corrected chi connectivity index (χ2v) is 6.99. The van der Waals surface area contributed by atoms with Crippen LogP contribution in [0.4, 0.5) is 10.1 Å². The molecule has 8 heteroatoms. The van der Waals surface area contributed by atoms with Gasteiger partial charge in [-0.2, -0.15) is 0 Å². The van der Waals surface area contributed by atoms with Gasteiger partial charge in [0.05, 0.1) is 10.9 Å². The molecule has 2 N–H and O–H groups in total. The van der Waals surface area contributed by atoms with Crippen LogP contribution in [0.3, 0.4) is 0 Å². The van der Waals surface area contributed by atoms with Crippen molar-refractivity contribution in [1.82, 2.24) is 5.32 Å². The Hall–Kier alpha value is -2.15. The number of nitrogens with one attached hydrogen (secondary N) is 1. The zero-order valence-corrected chi connectivity index (χ0v) is 14.2. The molecule has 0 spiro atoms. The van der Waals surface area contributed by atoms with Crippen molar-refractivity contribution in [3.8, 4) is 0 Å². The summed E-state index contributed by atoms with van der Waals surface area (Å²) in [7, 11) is 0. The van der Waals surface area contributed by atoms with Gasteiger partial charge in [-0.1, -0.05) is 24.4 Å². The number of carboxylic acid groups (broad SMARTS) is 1. The van der Waals surface area contributed by atoms with E-state index in [1.54, 1.807) is 0 Å². The van der Waals surface area contributed by atoms with Crippen LogP contribution < -0.4 is 10.2 Å². The molecule has 1 aliphatic heterocycles. The average molecular weight is 369 g/mol. The third kappa shape index (κ3) is 3.33. The van der Waals surface area contributed by atoms with Crippen LogP contribution in [0, 0.1) is 11.7 Å². The first-order chi connectivity index (χ1) is 11.8. The van der Waals surface area contributed by atoms with E-state index >= 15 is 0 Å². The molecule has 2 aliphatic rings. The minimum absolute atomic E-state index is 0.0359. The van der Waals surface area contributed by atoms with Gasteiger partial charge in [-0.25, -0.2) is 9.18 Å². The first kappa shape index (κ1) is 17.7. The van der Waals surface area contributed by atoms with E-state index < -0.39 is 29.2 Å². The molecule has 25 heavy (non-hydrogen) atoms. The first-order valence-electron chi connectivity index (χ1n) is 8.13. The van der Waals surface area contributed by atoms with Crippen LogP contribution in [0.25, 0.3) is 0 Å². The minimum Gasteiger partial charge on any atom is -0.480 e. The number of aliphatic carboxylic acids is 1. The fourth-order valence-electron chi connectivity index (χ4n) is 3.49. The second kappa shape index (κ2) is 6.63. The Balaban J connectivity index is 1.72. The molecule has 3 rings (SSSR count). The minimum atomic E-state index is -1.24. The van der Waals surface area contributed by atoms with Gasteiger partial charge in [0.15, 0.2) is 0 Å². The lowest BCUT2D eigenvalue weighted by Gasteiger charge is -2.27. The Morgan fingerprint density at radius 3 is 2.60 bits per heavy atom. The normalized spacial score (nSPS) is 22.2. The van der Waals surface area contributed by atoms with Gasteiger partial charge >= 0.3 is 5.97 Å². The lowest BCUT2D eigenvalue weighted by molar-refractivity contribution is -0.148. The second-order valence-electron chi connectivity index (χ2n) is 6.59. The summed E-state index contributed by atoms with van der Waals surface area (Å²) in [5.74, 6) is -3.11. The number of hydrogen-bond donors (Lipinski definition) is 2. The van der Waals surface area contributed by atoms with Crippen molar-refractivity contribution in [3.05, 3.63) is 29.0 Å². The zero-order chi connectivity index (χ0) is 18.2. The molecule has 2 amide bonds. The smallest absolute Gasteiger partial charge is 0.329 e. The van der Waals surface area contributed by atoms with Crippen LogP contribution in [0.5, 0.6) is 0 Å². The third-order valence-corrected chi connectivity index (χ3v) is 5.25. The maximum atomic E-state index is 13.6. The van der Waals surface area contributed by atoms with E-state index in [0.717, 1.165) is 18.9 Å². The van der Waals surface area contributed by atoms with Gasteiger partial charge < -0.3 is 15.3 Å². The maximum absolute atomic E-state index is 13.6. The van der Waals surface area contributed by atoms with Crippen molar-refractivity contribution in [2.24, 2.45) is 5.92 Å². The first-order valence-corrected chi connectivity index (χ1v) is 8.51. The summed E-state index contributed by atoms with van der Waals surface area (Å²) >= 11 is 5.64. The summed E-state index contributed by atoms with van der Waals surface area (Å²) in [5.41, 5.74) is -0.907. The molecule has 1 aromatic rings. The highest BCUT2D eigenvalue weighted by Gasteiger charge is 2.45. The van der Waals surface area contributed by atoms with Crippen LogP contribution in [-0.4, -0.2) is 35.0 Å². The number of carbonyl (C=O) groups is 3. The summed E-state index contributed by atoms with van der Waals surface area (Å²) in [6.45, 7) is 0.0848. The molecular formula is C17H18ClFN2O4. The number of rotatable bonds is 4. The molecule has 1 unspecified atom stereocenters. The molecule has 0 radical (unpaired) electrons. The van der Waals surface area contributed by atoms with Crippen molar-refractivity contribution in [3.63, 3.8) is 0 Å². The van der Waals surface area contributed by atoms with Gasteiger partial charge in [0.1, 0.15) is 11.4 Å². The molecule has 134 valence electrons. The highest BCUT2D eigenvalue weighted by atomic mass is 35.5. The van der Waals surface area contributed by atoms with Crippen LogP contribution >= 0.6 is 11.6 Å². The molecular weight excluding hydrogens is 351 g/mol. The third-order valence-electron chi connectivity index (χ3n) is 4.94. The summed E-state index contributed by atoms with van der Waals surface area (Å²) in [6.07, 6.45) is 2.23. The highest BCUT2D eigenvalue weighted by molar-refractivity contribution is 6.30. The van der Waals surface area contributed by atoms with Gasteiger partial charge in [-0.3, -0.25) is 9.59 Å². The summed E-state index contributed by atoms with van der Waals surface area (Å²) in [6, 6.07) is 4.01. The Morgan fingerprint density at radius 2 is 2.00 bits per heavy atom. The van der Waals surface area contributed by atoms with E-state index in [1.165, 1.54) is 17.0 Å². The largest absolute Gasteiger partial charge is 0.480 e.